The van der Waals surface area contributed by atoms with E-state index in [1.165, 1.54) is 12.7 Å². The molecule has 7 heteroatoms. The molecule has 0 amide bonds. The van der Waals surface area contributed by atoms with Crippen molar-refractivity contribution < 1.29 is 23.9 Å². The van der Waals surface area contributed by atoms with Gasteiger partial charge in [0.1, 0.15) is 12.5 Å². The molecule has 3 rings (SSSR count). The summed E-state index contributed by atoms with van der Waals surface area (Å²) in [4.78, 5) is 39.4. The Balaban J connectivity index is 2.06. The number of dihydropyridines is 1. The second-order valence-corrected chi connectivity index (χ2v) is 9.86. The molecule has 0 radical (unpaired) electrons. The molecule has 3 unspecified atom stereocenters. The van der Waals surface area contributed by atoms with Gasteiger partial charge in [0.25, 0.3) is 0 Å². The fraction of sp³-hybridized carbons (Fsp3) is 0.500. The number of rotatable bonds is 8. The lowest BCUT2D eigenvalue weighted by molar-refractivity contribution is -0.151. The molecule has 0 aromatic heterocycles. The summed E-state index contributed by atoms with van der Waals surface area (Å²) in [6.45, 7) is 8.16. The van der Waals surface area contributed by atoms with Gasteiger partial charge in [0.2, 0.25) is 0 Å². The topological polar surface area (TPSA) is 81.7 Å². The minimum absolute atomic E-state index is 0.202. The monoisotopic (exact) mass is 471 g/mol. The first-order chi connectivity index (χ1) is 15.8. The Morgan fingerprint density at radius 2 is 1.88 bits per heavy atom. The van der Waals surface area contributed by atoms with E-state index in [1.807, 2.05) is 38.1 Å². The molecule has 0 spiro atoms. The summed E-state index contributed by atoms with van der Waals surface area (Å²) < 4.78 is 10.5. The molecule has 0 bridgehead atoms. The Morgan fingerprint density at radius 3 is 2.48 bits per heavy atom. The van der Waals surface area contributed by atoms with Crippen molar-refractivity contribution in [3.05, 3.63) is 57.9 Å². The van der Waals surface area contributed by atoms with Crippen LogP contribution in [0.3, 0.4) is 0 Å². The van der Waals surface area contributed by atoms with E-state index in [1.54, 1.807) is 11.8 Å². The molecule has 33 heavy (non-hydrogen) atoms. The smallest absolute Gasteiger partial charge is 0.336 e. The molecule has 0 fully saturated rings. The zero-order valence-corrected chi connectivity index (χ0v) is 20.8. The number of hydrogen-bond donors (Lipinski definition) is 1. The average Bonchev–Trinajstić information content (AvgIpc) is 2.80. The Labute approximate surface area is 200 Å². The third kappa shape index (κ3) is 5.18. The number of allylic oxidation sites excluding steroid dienone is 3. The number of ketones is 1. The molecule has 6 nitrogen and oxygen atoms in total. The third-order valence-electron chi connectivity index (χ3n) is 6.35. The van der Waals surface area contributed by atoms with Crippen LogP contribution in [0.5, 0.6) is 0 Å². The van der Waals surface area contributed by atoms with E-state index in [9.17, 15) is 14.4 Å². The largest absolute Gasteiger partial charge is 0.468 e. The van der Waals surface area contributed by atoms with Gasteiger partial charge < -0.3 is 14.8 Å². The molecular weight excluding hydrogens is 438 g/mol. The Hall–Kier alpha value is -2.54. The molecule has 2 aliphatic rings. The molecule has 178 valence electrons. The maximum Gasteiger partial charge on any atom is 0.336 e. The first kappa shape index (κ1) is 25.1. The van der Waals surface area contributed by atoms with Gasteiger partial charge in [0.15, 0.2) is 5.78 Å². The maximum absolute atomic E-state index is 13.7. The first-order valence-electron chi connectivity index (χ1n) is 11.5. The van der Waals surface area contributed by atoms with Crippen LogP contribution in [-0.4, -0.2) is 42.9 Å². The van der Waals surface area contributed by atoms with E-state index in [0.29, 0.717) is 35.6 Å². The lowest BCUT2D eigenvalue weighted by atomic mass is 9.69. The van der Waals surface area contributed by atoms with Gasteiger partial charge in [-0.3, -0.25) is 9.59 Å². The minimum Gasteiger partial charge on any atom is -0.468 e. The van der Waals surface area contributed by atoms with Crippen LogP contribution in [0.25, 0.3) is 0 Å². The lowest BCUT2D eigenvalue weighted by Gasteiger charge is -2.38. The minimum atomic E-state index is -0.885. The molecule has 1 aliphatic heterocycles. The van der Waals surface area contributed by atoms with Crippen molar-refractivity contribution in [1.82, 2.24) is 5.32 Å². The Morgan fingerprint density at radius 1 is 1.18 bits per heavy atom. The van der Waals surface area contributed by atoms with Crippen molar-refractivity contribution in [1.29, 1.82) is 0 Å². The second kappa shape index (κ2) is 11.1. The number of nitrogens with one attached hydrogen (secondary N) is 1. The van der Waals surface area contributed by atoms with Crippen LogP contribution in [0.4, 0.5) is 0 Å². The van der Waals surface area contributed by atoms with Crippen LogP contribution in [0.15, 0.2) is 46.8 Å². The number of Topliss-reactive ketones (excluding diaryl/α,β-unsaturated/α-hetero) is 1. The standard InChI is InChI=1S/C26H33NO5S/c1-6-17-8-10-18(11-9-17)22-21(26(30)32-12-13-33-7-2)16(4)27-19-14-15(3)20(25(29)31-5)24(28)23(19)22/h8-11,15,20,22,27H,6-7,12-14H2,1-5H3. The third-order valence-corrected chi connectivity index (χ3v) is 7.21. The number of ether oxygens (including phenoxy) is 2. The summed E-state index contributed by atoms with van der Waals surface area (Å²) in [5.74, 6) is -1.27. The van der Waals surface area contributed by atoms with Gasteiger partial charge >= 0.3 is 11.9 Å². The zero-order chi connectivity index (χ0) is 24.1. The molecular formula is C26H33NO5S. The summed E-state index contributed by atoms with van der Waals surface area (Å²) in [5.41, 5.74) is 4.34. The van der Waals surface area contributed by atoms with E-state index in [4.69, 9.17) is 9.47 Å². The number of carbonyl (C=O) groups is 3. The predicted octanol–water partition coefficient (Wildman–Crippen LogP) is 4.16. The molecule has 1 aliphatic carbocycles. The van der Waals surface area contributed by atoms with Crippen LogP contribution in [0, 0.1) is 11.8 Å². The van der Waals surface area contributed by atoms with Gasteiger partial charge in [0.05, 0.1) is 12.7 Å². The summed E-state index contributed by atoms with van der Waals surface area (Å²) in [5, 5.41) is 3.29. The van der Waals surface area contributed by atoms with Gasteiger partial charge in [0, 0.05) is 28.6 Å². The molecule has 3 atom stereocenters. The molecule has 1 N–H and O–H groups in total. The predicted molar refractivity (Wildman–Crippen MR) is 130 cm³/mol. The fourth-order valence-electron chi connectivity index (χ4n) is 4.65. The number of benzene rings is 1. The number of thioether (sulfide) groups is 1. The van der Waals surface area contributed by atoms with Crippen LogP contribution in [-0.2, 0) is 30.3 Å². The van der Waals surface area contributed by atoms with Crippen molar-refractivity contribution in [3.63, 3.8) is 0 Å². The summed E-state index contributed by atoms with van der Waals surface area (Å²) in [6.07, 6.45) is 1.41. The number of methoxy groups -OCH3 is 1. The molecule has 0 saturated heterocycles. The zero-order valence-electron chi connectivity index (χ0n) is 20.0. The highest BCUT2D eigenvalue weighted by Gasteiger charge is 2.47. The number of aryl methyl sites for hydroxylation is 1. The van der Waals surface area contributed by atoms with Gasteiger partial charge in [-0.05, 0) is 42.6 Å². The van der Waals surface area contributed by atoms with Gasteiger partial charge in [-0.25, -0.2) is 4.79 Å². The molecule has 1 aromatic rings. The van der Waals surface area contributed by atoms with E-state index in [0.717, 1.165) is 23.4 Å². The highest BCUT2D eigenvalue weighted by Crippen LogP contribution is 2.45. The Kier molecular flexibility index (Phi) is 8.40. The van der Waals surface area contributed by atoms with Crippen molar-refractivity contribution in [2.24, 2.45) is 11.8 Å². The van der Waals surface area contributed by atoms with Gasteiger partial charge in [-0.15, -0.1) is 0 Å². The molecule has 0 saturated carbocycles. The number of esters is 2. The van der Waals surface area contributed by atoms with E-state index in [-0.39, 0.29) is 11.7 Å². The quantitative estimate of drug-likeness (QED) is 0.346. The normalized spacial score (nSPS) is 22.6. The summed E-state index contributed by atoms with van der Waals surface area (Å²) in [6, 6.07) is 7.96. The van der Waals surface area contributed by atoms with Crippen molar-refractivity contribution in [2.75, 3.05) is 25.2 Å². The highest BCUT2D eigenvalue weighted by molar-refractivity contribution is 7.99. The van der Waals surface area contributed by atoms with Crippen LogP contribution >= 0.6 is 11.8 Å². The van der Waals surface area contributed by atoms with E-state index >= 15 is 0 Å². The molecule has 1 aromatic carbocycles. The maximum atomic E-state index is 13.7. The van der Waals surface area contributed by atoms with Crippen molar-refractivity contribution in [3.8, 4) is 0 Å². The first-order valence-corrected chi connectivity index (χ1v) is 12.7. The number of hydrogen-bond acceptors (Lipinski definition) is 7. The Bertz CT molecular complexity index is 979. The van der Waals surface area contributed by atoms with Gasteiger partial charge in [-0.2, -0.15) is 11.8 Å². The van der Waals surface area contributed by atoms with Gasteiger partial charge in [-0.1, -0.05) is 45.0 Å². The van der Waals surface area contributed by atoms with Crippen LogP contribution < -0.4 is 5.32 Å². The summed E-state index contributed by atoms with van der Waals surface area (Å²) in [7, 11) is 1.30. The SMILES string of the molecule is CCSCCOC(=O)C1=C(C)NC2=C(C(=O)C(C(=O)OC)C(C)C2)C1c1ccc(CC)cc1. The number of carbonyl (C=O) groups excluding carboxylic acids is 3. The van der Waals surface area contributed by atoms with E-state index < -0.39 is 23.8 Å². The fourth-order valence-corrected chi connectivity index (χ4v) is 5.14. The van der Waals surface area contributed by atoms with E-state index in [2.05, 4.69) is 19.2 Å². The molecule has 1 heterocycles. The average molecular weight is 472 g/mol. The summed E-state index contributed by atoms with van der Waals surface area (Å²) >= 11 is 1.70. The van der Waals surface area contributed by atoms with Crippen molar-refractivity contribution >= 4 is 29.5 Å². The van der Waals surface area contributed by atoms with Crippen molar-refractivity contribution in [2.45, 2.75) is 46.5 Å². The van der Waals surface area contributed by atoms with Crippen LogP contribution in [0.1, 0.15) is 51.2 Å². The highest BCUT2D eigenvalue weighted by atomic mass is 32.2. The lowest BCUT2D eigenvalue weighted by Crippen LogP contribution is -2.43. The second-order valence-electron chi connectivity index (χ2n) is 8.46. The van der Waals surface area contributed by atoms with Crippen LogP contribution in [0.2, 0.25) is 0 Å².